The molecule has 7 atom stereocenters. The van der Waals surface area contributed by atoms with Crippen LogP contribution in [0.5, 0.6) is 0 Å². The van der Waals surface area contributed by atoms with E-state index in [1.165, 1.54) is 5.57 Å². The maximum absolute atomic E-state index is 12.4. The van der Waals surface area contributed by atoms with Crippen molar-refractivity contribution in [3.63, 3.8) is 0 Å². The standard InChI is InChI=1S/C21H30O5/c1-19-7-5-13(23)9-12(19)3-4-14-15-6-8-21(26,17(25)11-22)20(15,2)10-16(24)18(14)19/h3,14-16,18,22,24,26H,4-11H2,1-2H3/t14?,15?,16-,18+,19-,20-,21-/m0/s1. The summed E-state index contributed by atoms with van der Waals surface area (Å²) in [5.74, 6) is 0.177. The summed E-state index contributed by atoms with van der Waals surface area (Å²) < 4.78 is 0. The van der Waals surface area contributed by atoms with Crippen molar-refractivity contribution in [2.45, 2.75) is 70.5 Å². The summed E-state index contributed by atoms with van der Waals surface area (Å²) in [6.07, 6.45) is 5.70. The molecular weight excluding hydrogens is 332 g/mol. The Kier molecular flexibility index (Phi) is 4.04. The molecule has 26 heavy (non-hydrogen) atoms. The smallest absolute Gasteiger partial charge is 0.190 e. The van der Waals surface area contributed by atoms with E-state index in [0.29, 0.717) is 25.7 Å². The molecule has 0 aromatic carbocycles. The van der Waals surface area contributed by atoms with Gasteiger partial charge in [0, 0.05) is 18.3 Å². The molecule has 3 saturated carbocycles. The number of Topliss-reactive ketones (excluding diaryl/α,β-unsaturated/α-hetero) is 2. The minimum atomic E-state index is -1.55. The fourth-order valence-corrected chi connectivity index (χ4v) is 7.20. The molecule has 5 heteroatoms. The fourth-order valence-electron chi connectivity index (χ4n) is 7.20. The molecule has 0 aliphatic heterocycles. The minimum Gasteiger partial charge on any atom is -0.393 e. The van der Waals surface area contributed by atoms with Crippen molar-refractivity contribution >= 4 is 11.6 Å². The lowest BCUT2D eigenvalue weighted by Gasteiger charge is -2.59. The van der Waals surface area contributed by atoms with E-state index >= 15 is 0 Å². The van der Waals surface area contributed by atoms with Crippen molar-refractivity contribution in [2.24, 2.45) is 28.6 Å². The summed E-state index contributed by atoms with van der Waals surface area (Å²) in [7, 11) is 0. The van der Waals surface area contributed by atoms with Gasteiger partial charge in [0.05, 0.1) is 6.10 Å². The Morgan fingerprint density at radius 2 is 2.04 bits per heavy atom. The molecule has 144 valence electrons. The van der Waals surface area contributed by atoms with Crippen LogP contribution in [0.4, 0.5) is 0 Å². The summed E-state index contributed by atoms with van der Waals surface area (Å²) in [6.45, 7) is 3.45. The Morgan fingerprint density at radius 3 is 2.73 bits per heavy atom. The van der Waals surface area contributed by atoms with Gasteiger partial charge in [0.1, 0.15) is 18.0 Å². The number of ketones is 2. The number of aliphatic hydroxyl groups is 3. The summed E-state index contributed by atoms with van der Waals surface area (Å²) in [4.78, 5) is 24.3. The van der Waals surface area contributed by atoms with Crippen LogP contribution in [0, 0.1) is 28.6 Å². The molecule has 3 fully saturated rings. The highest BCUT2D eigenvalue weighted by molar-refractivity contribution is 5.89. The molecule has 0 radical (unpaired) electrons. The second kappa shape index (κ2) is 5.73. The largest absolute Gasteiger partial charge is 0.393 e. The summed E-state index contributed by atoms with van der Waals surface area (Å²) in [6, 6.07) is 0. The van der Waals surface area contributed by atoms with Crippen LogP contribution in [-0.2, 0) is 9.59 Å². The summed E-state index contributed by atoms with van der Waals surface area (Å²) in [5, 5.41) is 31.7. The van der Waals surface area contributed by atoms with Crippen LogP contribution in [-0.4, -0.2) is 45.2 Å². The minimum absolute atomic E-state index is 0.0697. The van der Waals surface area contributed by atoms with Gasteiger partial charge < -0.3 is 15.3 Å². The summed E-state index contributed by atoms with van der Waals surface area (Å²) in [5.41, 5.74) is -1.25. The molecule has 2 unspecified atom stereocenters. The lowest BCUT2D eigenvalue weighted by Crippen LogP contribution is -2.61. The second-order valence-electron chi connectivity index (χ2n) is 9.56. The third-order valence-electron chi connectivity index (χ3n) is 8.63. The van der Waals surface area contributed by atoms with Gasteiger partial charge in [0.25, 0.3) is 0 Å². The summed E-state index contributed by atoms with van der Waals surface area (Å²) >= 11 is 0. The number of fused-ring (bicyclic) bond motifs is 5. The van der Waals surface area contributed by atoms with Gasteiger partial charge in [-0.2, -0.15) is 0 Å². The molecule has 4 aliphatic carbocycles. The van der Waals surface area contributed by atoms with E-state index in [1.807, 2.05) is 6.92 Å². The number of allylic oxidation sites excluding steroid dienone is 2. The number of hydrogen-bond donors (Lipinski definition) is 3. The Labute approximate surface area is 154 Å². The number of rotatable bonds is 2. The van der Waals surface area contributed by atoms with E-state index in [1.54, 1.807) is 0 Å². The van der Waals surface area contributed by atoms with Crippen molar-refractivity contribution in [2.75, 3.05) is 6.61 Å². The van der Waals surface area contributed by atoms with E-state index < -0.39 is 29.5 Å². The lowest BCUT2D eigenvalue weighted by molar-refractivity contribution is -0.180. The number of carbonyl (C=O) groups excluding carboxylic acids is 2. The molecule has 4 aliphatic rings. The Bertz CT molecular complexity index is 684. The molecule has 0 heterocycles. The molecule has 0 spiro atoms. The van der Waals surface area contributed by atoms with E-state index in [0.717, 1.165) is 19.3 Å². The Hall–Kier alpha value is -1.04. The first-order chi connectivity index (χ1) is 12.2. The van der Waals surface area contributed by atoms with Gasteiger partial charge in [-0.1, -0.05) is 25.5 Å². The zero-order valence-electron chi connectivity index (χ0n) is 15.7. The highest BCUT2D eigenvalue weighted by atomic mass is 16.3. The maximum Gasteiger partial charge on any atom is 0.190 e. The van der Waals surface area contributed by atoms with Gasteiger partial charge >= 0.3 is 0 Å². The zero-order chi connectivity index (χ0) is 18.9. The normalized spacial score (nSPS) is 50.5. The molecule has 5 nitrogen and oxygen atoms in total. The van der Waals surface area contributed by atoms with Crippen LogP contribution in [0.1, 0.15) is 58.8 Å². The van der Waals surface area contributed by atoms with Crippen LogP contribution in [0.3, 0.4) is 0 Å². The Morgan fingerprint density at radius 1 is 1.31 bits per heavy atom. The predicted octanol–water partition coefficient (Wildman–Crippen LogP) is 1.78. The lowest BCUT2D eigenvalue weighted by atomic mass is 9.46. The third-order valence-corrected chi connectivity index (χ3v) is 8.63. The Balaban J connectivity index is 1.74. The van der Waals surface area contributed by atoms with Crippen molar-refractivity contribution in [1.29, 1.82) is 0 Å². The van der Waals surface area contributed by atoms with Crippen LogP contribution in [0.25, 0.3) is 0 Å². The molecule has 0 saturated heterocycles. The van der Waals surface area contributed by atoms with Gasteiger partial charge in [-0.05, 0) is 55.3 Å². The first-order valence-electron chi connectivity index (χ1n) is 9.93. The molecule has 0 aromatic rings. The van der Waals surface area contributed by atoms with E-state index in [-0.39, 0.29) is 29.0 Å². The first-order valence-corrected chi connectivity index (χ1v) is 9.93. The molecule has 3 N–H and O–H groups in total. The zero-order valence-corrected chi connectivity index (χ0v) is 15.7. The van der Waals surface area contributed by atoms with Gasteiger partial charge in [-0.3, -0.25) is 9.59 Å². The monoisotopic (exact) mass is 362 g/mol. The van der Waals surface area contributed by atoms with Crippen LogP contribution >= 0.6 is 0 Å². The van der Waals surface area contributed by atoms with Gasteiger partial charge in [-0.15, -0.1) is 0 Å². The highest BCUT2D eigenvalue weighted by Crippen LogP contribution is 2.67. The quantitative estimate of drug-likeness (QED) is 0.651. The molecule has 4 rings (SSSR count). The maximum atomic E-state index is 12.4. The van der Waals surface area contributed by atoms with Gasteiger partial charge in [0.2, 0.25) is 0 Å². The first kappa shape index (κ1) is 18.3. The van der Waals surface area contributed by atoms with E-state index in [4.69, 9.17) is 0 Å². The molecule has 0 bridgehead atoms. The number of aliphatic hydroxyl groups excluding tert-OH is 2. The van der Waals surface area contributed by atoms with Crippen molar-refractivity contribution in [3.05, 3.63) is 11.6 Å². The van der Waals surface area contributed by atoms with E-state index in [9.17, 15) is 24.9 Å². The topological polar surface area (TPSA) is 94.8 Å². The SMILES string of the molecule is C[C@]12CCC(=O)CC1=CCC1C3CC[C@](O)(C(=O)CO)[C@@]3(C)C[C@H](O)[C@@H]12. The van der Waals surface area contributed by atoms with Crippen molar-refractivity contribution < 1.29 is 24.9 Å². The fraction of sp³-hybridized carbons (Fsp3) is 0.810. The van der Waals surface area contributed by atoms with Crippen LogP contribution in [0.2, 0.25) is 0 Å². The van der Waals surface area contributed by atoms with Crippen molar-refractivity contribution in [1.82, 2.24) is 0 Å². The van der Waals surface area contributed by atoms with Gasteiger partial charge in [0.15, 0.2) is 5.78 Å². The average molecular weight is 362 g/mol. The third kappa shape index (κ3) is 2.14. The van der Waals surface area contributed by atoms with E-state index in [2.05, 4.69) is 13.0 Å². The average Bonchev–Trinajstić information content (AvgIpc) is 2.86. The molecular formula is C21H30O5. The second-order valence-corrected chi connectivity index (χ2v) is 9.56. The number of carbonyl (C=O) groups is 2. The molecule has 0 amide bonds. The van der Waals surface area contributed by atoms with Crippen molar-refractivity contribution in [3.8, 4) is 0 Å². The highest BCUT2D eigenvalue weighted by Gasteiger charge is 2.67. The van der Waals surface area contributed by atoms with Crippen LogP contribution in [0.15, 0.2) is 11.6 Å². The molecule has 0 aromatic heterocycles. The number of hydrogen-bond acceptors (Lipinski definition) is 5. The predicted molar refractivity (Wildman–Crippen MR) is 95.1 cm³/mol. The van der Waals surface area contributed by atoms with Gasteiger partial charge in [-0.25, -0.2) is 0 Å². The van der Waals surface area contributed by atoms with Crippen LogP contribution < -0.4 is 0 Å².